The van der Waals surface area contributed by atoms with Crippen molar-refractivity contribution in [1.82, 2.24) is 19.5 Å². The van der Waals surface area contributed by atoms with Gasteiger partial charge in [0.1, 0.15) is 0 Å². The van der Waals surface area contributed by atoms with Crippen LogP contribution in [0.5, 0.6) is 0 Å². The Bertz CT molecular complexity index is 1090. The number of aromatic nitrogens is 1. The lowest BCUT2D eigenvalue weighted by Gasteiger charge is -2.20. The molecule has 9 heteroatoms. The van der Waals surface area contributed by atoms with Crippen LogP contribution in [0.3, 0.4) is 0 Å². The quantitative estimate of drug-likeness (QED) is 0.500. The number of benzene rings is 1. The number of hydrogen-bond donors (Lipinski definition) is 2. The SMILES string of the molecule is CCCCN(CC)CCCNC(=O)c1cc(=O)[nH]c2ccc(S(=O)(=O)N3CCCC3)cc12. The van der Waals surface area contributed by atoms with E-state index in [9.17, 15) is 18.0 Å². The van der Waals surface area contributed by atoms with Gasteiger partial charge in [-0.1, -0.05) is 20.3 Å². The predicted molar refractivity (Wildman–Crippen MR) is 127 cm³/mol. The summed E-state index contributed by atoms with van der Waals surface area (Å²) in [4.78, 5) is 30.2. The highest BCUT2D eigenvalue weighted by atomic mass is 32.2. The molecule has 1 saturated heterocycles. The summed E-state index contributed by atoms with van der Waals surface area (Å²) in [6.07, 6.45) is 4.81. The number of amides is 1. The van der Waals surface area contributed by atoms with E-state index in [1.165, 1.54) is 22.5 Å². The van der Waals surface area contributed by atoms with Crippen LogP contribution in [-0.2, 0) is 10.0 Å². The highest BCUT2D eigenvalue weighted by Crippen LogP contribution is 2.25. The smallest absolute Gasteiger partial charge is 0.252 e. The van der Waals surface area contributed by atoms with Gasteiger partial charge in [0.2, 0.25) is 15.6 Å². The molecular formula is C23H34N4O4S. The third kappa shape index (κ3) is 5.76. The van der Waals surface area contributed by atoms with E-state index in [1.54, 1.807) is 6.07 Å². The first-order valence-electron chi connectivity index (χ1n) is 11.5. The molecule has 176 valence electrons. The molecule has 32 heavy (non-hydrogen) atoms. The first-order valence-corrected chi connectivity index (χ1v) is 13.0. The van der Waals surface area contributed by atoms with Gasteiger partial charge in [0.25, 0.3) is 5.91 Å². The van der Waals surface area contributed by atoms with Gasteiger partial charge in [-0.2, -0.15) is 4.31 Å². The van der Waals surface area contributed by atoms with Crippen molar-refractivity contribution in [3.8, 4) is 0 Å². The number of nitrogens with zero attached hydrogens (tertiary/aromatic N) is 2. The Labute approximate surface area is 190 Å². The Kier molecular flexibility index (Phi) is 8.44. The number of hydrogen-bond acceptors (Lipinski definition) is 5. The number of sulfonamides is 1. The maximum Gasteiger partial charge on any atom is 0.252 e. The third-order valence-corrected chi connectivity index (χ3v) is 7.87. The average molecular weight is 463 g/mol. The molecule has 2 aromatic rings. The van der Waals surface area contributed by atoms with Crippen LogP contribution < -0.4 is 10.9 Å². The van der Waals surface area contributed by atoms with Gasteiger partial charge >= 0.3 is 0 Å². The average Bonchev–Trinajstić information content (AvgIpc) is 3.33. The molecule has 1 aromatic carbocycles. The van der Waals surface area contributed by atoms with Gasteiger partial charge in [-0.15, -0.1) is 0 Å². The molecule has 1 amide bonds. The standard InChI is InChI=1S/C23H34N4O4S/c1-3-5-12-26(4-2)13-8-11-24-23(29)20-17-22(28)25-21-10-9-18(16-19(20)21)32(30,31)27-14-6-7-15-27/h9-10,16-17H,3-8,11-15H2,1-2H3,(H,24,29)(H,25,28). The van der Waals surface area contributed by atoms with Crippen molar-refractivity contribution >= 4 is 26.8 Å². The summed E-state index contributed by atoms with van der Waals surface area (Å²) in [6, 6.07) is 5.79. The molecule has 0 saturated carbocycles. The van der Waals surface area contributed by atoms with Gasteiger partial charge in [-0.3, -0.25) is 9.59 Å². The molecular weight excluding hydrogens is 428 g/mol. The van der Waals surface area contributed by atoms with Crippen LogP contribution in [-0.4, -0.2) is 67.8 Å². The third-order valence-electron chi connectivity index (χ3n) is 5.97. The Morgan fingerprint density at radius 1 is 1.12 bits per heavy atom. The van der Waals surface area contributed by atoms with Gasteiger partial charge in [-0.25, -0.2) is 8.42 Å². The summed E-state index contributed by atoms with van der Waals surface area (Å²) >= 11 is 0. The van der Waals surface area contributed by atoms with Gasteiger partial charge in [-0.05, 0) is 63.5 Å². The van der Waals surface area contributed by atoms with Crippen LogP contribution in [0.2, 0.25) is 0 Å². The van der Waals surface area contributed by atoms with Crippen LogP contribution in [0.15, 0.2) is 34.0 Å². The number of unbranched alkanes of at least 4 members (excludes halogenated alkanes) is 1. The van der Waals surface area contributed by atoms with Gasteiger partial charge in [0, 0.05) is 36.6 Å². The molecule has 0 bridgehead atoms. The topological polar surface area (TPSA) is 103 Å². The molecule has 0 radical (unpaired) electrons. The Balaban J connectivity index is 1.76. The summed E-state index contributed by atoms with van der Waals surface area (Å²) in [5.74, 6) is -0.367. The predicted octanol–water partition coefficient (Wildman–Crippen LogP) is 2.55. The summed E-state index contributed by atoms with van der Waals surface area (Å²) in [6.45, 7) is 8.71. The molecule has 0 unspecified atom stereocenters. The number of carbonyl (C=O) groups is 1. The van der Waals surface area contributed by atoms with Crippen molar-refractivity contribution < 1.29 is 13.2 Å². The Morgan fingerprint density at radius 2 is 1.84 bits per heavy atom. The molecule has 1 aromatic heterocycles. The van der Waals surface area contributed by atoms with E-state index in [0.29, 0.717) is 30.5 Å². The van der Waals surface area contributed by atoms with Crippen LogP contribution in [0.4, 0.5) is 0 Å². The number of carbonyl (C=O) groups excluding carboxylic acids is 1. The van der Waals surface area contributed by atoms with E-state index in [-0.39, 0.29) is 16.4 Å². The summed E-state index contributed by atoms with van der Waals surface area (Å²) in [5, 5.41) is 3.32. The number of H-pyrrole nitrogens is 1. The molecule has 1 aliphatic rings. The first kappa shape index (κ1) is 24.4. The monoisotopic (exact) mass is 462 g/mol. The second-order valence-electron chi connectivity index (χ2n) is 8.26. The number of pyridine rings is 1. The van der Waals surface area contributed by atoms with Crippen LogP contribution in [0.25, 0.3) is 10.9 Å². The van der Waals surface area contributed by atoms with Gasteiger partial charge in [0.15, 0.2) is 0 Å². The van der Waals surface area contributed by atoms with Gasteiger partial charge < -0.3 is 15.2 Å². The van der Waals surface area contributed by atoms with Crippen LogP contribution >= 0.6 is 0 Å². The molecule has 0 atom stereocenters. The number of fused-ring (bicyclic) bond motifs is 1. The first-order chi connectivity index (χ1) is 15.4. The Morgan fingerprint density at radius 3 is 2.53 bits per heavy atom. The van der Waals surface area contributed by atoms with E-state index in [4.69, 9.17) is 0 Å². The fourth-order valence-electron chi connectivity index (χ4n) is 4.07. The summed E-state index contributed by atoms with van der Waals surface area (Å²) < 4.78 is 27.4. The summed E-state index contributed by atoms with van der Waals surface area (Å²) in [7, 11) is -3.62. The van der Waals surface area contributed by atoms with Crippen LogP contribution in [0, 0.1) is 0 Å². The molecule has 0 spiro atoms. The molecule has 2 heterocycles. The van der Waals surface area contributed by atoms with E-state index in [0.717, 1.165) is 51.7 Å². The Hall–Kier alpha value is -2.23. The molecule has 1 aliphatic heterocycles. The fourth-order valence-corrected chi connectivity index (χ4v) is 5.61. The van der Waals surface area contributed by atoms with Crippen molar-refractivity contribution in [3.63, 3.8) is 0 Å². The number of nitrogens with one attached hydrogen (secondary N) is 2. The number of rotatable bonds is 11. The molecule has 0 aliphatic carbocycles. The van der Waals surface area contributed by atoms with E-state index in [1.807, 2.05) is 0 Å². The highest BCUT2D eigenvalue weighted by Gasteiger charge is 2.27. The minimum atomic E-state index is -3.62. The minimum absolute atomic E-state index is 0.141. The lowest BCUT2D eigenvalue weighted by Crippen LogP contribution is -2.31. The lowest BCUT2D eigenvalue weighted by atomic mass is 10.1. The molecule has 3 rings (SSSR count). The molecule has 2 N–H and O–H groups in total. The number of aromatic amines is 1. The maximum atomic E-state index is 13.0. The zero-order valence-corrected chi connectivity index (χ0v) is 19.8. The fraction of sp³-hybridized carbons (Fsp3) is 0.565. The molecule has 1 fully saturated rings. The van der Waals surface area contributed by atoms with Crippen molar-refractivity contribution in [3.05, 3.63) is 40.2 Å². The summed E-state index contributed by atoms with van der Waals surface area (Å²) in [5.41, 5.74) is 0.245. The second kappa shape index (κ2) is 11.1. The molecule has 8 nitrogen and oxygen atoms in total. The second-order valence-corrected chi connectivity index (χ2v) is 10.2. The van der Waals surface area contributed by atoms with E-state index < -0.39 is 15.6 Å². The zero-order chi connectivity index (χ0) is 23.1. The van der Waals surface area contributed by atoms with Gasteiger partial charge in [0.05, 0.1) is 10.5 Å². The maximum absolute atomic E-state index is 13.0. The minimum Gasteiger partial charge on any atom is -0.352 e. The lowest BCUT2D eigenvalue weighted by molar-refractivity contribution is 0.0953. The van der Waals surface area contributed by atoms with Crippen molar-refractivity contribution in [2.24, 2.45) is 0 Å². The highest BCUT2D eigenvalue weighted by molar-refractivity contribution is 7.89. The largest absolute Gasteiger partial charge is 0.352 e. The van der Waals surface area contributed by atoms with Crippen molar-refractivity contribution in [2.75, 3.05) is 39.3 Å². The van der Waals surface area contributed by atoms with Crippen LogP contribution in [0.1, 0.15) is 56.3 Å². The van der Waals surface area contributed by atoms with E-state index in [2.05, 4.69) is 29.0 Å². The zero-order valence-electron chi connectivity index (χ0n) is 19.0. The normalized spacial score (nSPS) is 15.0. The van der Waals surface area contributed by atoms with E-state index >= 15 is 0 Å². The van der Waals surface area contributed by atoms with Crippen molar-refractivity contribution in [1.29, 1.82) is 0 Å². The van der Waals surface area contributed by atoms with Crippen molar-refractivity contribution in [2.45, 2.75) is 50.8 Å².